The van der Waals surface area contributed by atoms with Crippen molar-refractivity contribution in [2.24, 2.45) is 5.92 Å². The summed E-state index contributed by atoms with van der Waals surface area (Å²) < 4.78 is 2.38. The summed E-state index contributed by atoms with van der Waals surface area (Å²) in [6.45, 7) is 1.11. The molecule has 0 atom stereocenters. The topological polar surface area (TPSA) is 29.9 Å². The Kier molecular flexibility index (Phi) is 3.87. The Balaban J connectivity index is 1.59. The third-order valence-electron chi connectivity index (χ3n) is 4.66. The first-order chi connectivity index (χ1) is 8.93. The van der Waals surface area contributed by atoms with E-state index in [1.807, 2.05) is 6.20 Å². The zero-order valence-corrected chi connectivity index (χ0v) is 11.3. The summed E-state index contributed by atoms with van der Waals surface area (Å²) in [4.78, 5) is 4.50. The van der Waals surface area contributed by atoms with E-state index in [0.717, 1.165) is 18.4 Å². The lowest BCUT2D eigenvalue weighted by atomic mass is 9.95. The van der Waals surface area contributed by atoms with Crippen LogP contribution >= 0.6 is 0 Å². The van der Waals surface area contributed by atoms with Gasteiger partial charge in [0.1, 0.15) is 0 Å². The molecule has 0 saturated heterocycles. The number of nitrogens with zero attached hydrogens (tertiary/aromatic N) is 2. The second kappa shape index (κ2) is 5.77. The van der Waals surface area contributed by atoms with Crippen molar-refractivity contribution in [2.75, 3.05) is 11.9 Å². The molecular formula is C15H25N3. The average molecular weight is 247 g/mol. The molecule has 3 nitrogen and oxygen atoms in total. The van der Waals surface area contributed by atoms with Gasteiger partial charge in [0.05, 0.1) is 0 Å². The van der Waals surface area contributed by atoms with Crippen molar-refractivity contribution < 1.29 is 0 Å². The van der Waals surface area contributed by atoms with Crippen LogP contribution in [0.25, 0.3) is 0 Å². The molecule has 3 heteroatoms. The molecule has 3 rings (SSSR count). The zero-order valence-electron chi connectivity index (χ0n) is 11.3. The van der Waals surface area contributed by atoms with Crippen LogP contribution in [0, 0.1) is 5.92 Å². The molecule has 1 aromatic rings. The van der Waals surface area contributed by atoms with Crippen LogP contribution in [-0.4, -0.2) is 16.1 Å². The standard InChI is InChI=1S/C15H25N3/c1-2-8-14(9-3-1)18-11-10-16-15(18)17-12-13-6-4-5-7-13/h10-11,13-14H,1-9,12H2,(H,16,17). The highest BCUT2D eigenvalue weighted by Gasteiger charge is 2.19. The number of anilines is 1. The van der Waals surface area contributed by atoms with Gasteiger partial charge < -0.3 is 9.88 Å². The quantitative estimate of drug-likeness (QED) is 0.872. The normalized spacial score (nSPS) is 22.4. The van der Waals surface area contributed by atoms with E-state index in [2.05, 4.69) is 21.1 Å². The second-order valence-electron chi connectivity index (χ2n) is 5.98. The van der Waals surface area contributed by atoms with Gasteiger partial charge in [0.15, 0.2) is 0 Å². The molecule has 0 amide bonds. The number of hydrogen-bond donors (Lipinski definition) is 1. The van der Waals surface area contributed by atoms with Gasteiger partial charge in [-0.1, -0.05) is 32.1 Å². The monoisotopic (exact) mass is 247 g/mol. The zero-order chi connectivity index (χ0) is 12.2. The van der Waals surface area contributed by atoms with E-state index in [9.17, 15) is 0 Å². The average Bonchev–Trinajstić information content (AvgIpc) is 3.09. The third-order valence-corrected chi connectivity index (χ3v) is 4.66. The molecule has 0 unspecified atom stereocenters. The molecule has 1 heterocycles. The fraction of sp³-hybridized carbons (Fsp3) is 0.800. The molecule has 2 aliphatic rings. The largest absolute Gasteiger partial charge is 0.355 e. The predicted octanol–water partition coefficient (Wildman–Crippen LogP) is 3.99. The number of rotatable bonds is 4. The van der Waals surface area contributed by atoms with Crippen LogP contribution in [0.1, 0.15) is 63.8 Å². The molecule has 2 saturated carbocycles. The number of hydrogen-bond acceptors (Lipinski definition) is 2. The number of nitrogens with one attached hydrogen (secondary N) is 1. The summed E-state index contributed by atoms with van der Waals surface area (Å²) in [7, 11) is 0. The van der Waals surface area contributed by atoms with E-state index in [1.165, 1.54) is 57.8 Å². The molecule has 18 heavy (non-hydrogen) atoms. The van der Waals surface area contributed by atoms with E-state index in [1.54, 1.807) is 0 Å². The summed E-state index contributed by atoms with van der Waals surface area (Å²) in [5.74, 6) is 1.98. The van der Waals surface area contributed by atoms with Crippen LogP contribution in [0.2, 0.25) is 0 Å². The lowest BCUT2D eigenvalue weighted by molar-refractivity contribution is 0.355. The van der Waals surface area contributed by atoms with Gasteiger partial charge in [-0.15, -0.1) is 0 Å². The summed E-state index contributed by atoms with van der Waals surface area (Å²) >= 11 is 0. The van der Waals surface area contributed by atoms with Crippen molar-refractivity contribution in [3.8, 4) is 0 Å². The Hall–Kier alpha value is -0.990. The highest BCUT2D eigenvalue weighted by molar-refractivity contribution is 5.27. The fourth-order valence-electron chi connectivity index (χ4n) is 3.55. The van der Waals surface area contributed by atoms with Crippen LogP contribution in [0.15, 0.2) is 12.4 Å². The molecule has 0 bridgehead atoms. The molecule has 0 aromatic carbocycles. The maximum atomic E-state index is 4.50. The van der Waals surface area contributed by atoms with Crippen LogP contribution < -0.4 is 5.32 Å². The summed E-state index contributed by atoms with van der Waals surface area (Å²) in [6.07, 6.45) is 16.6. The van der Waals surface area contributed by atoms with Gasteiger partial charge >= 0.3 is 0 Å². The van der Waals surface area contributed by atoms with Gasteiger partial charge in [0, 0.05) is 25.0 Å². The highest BCUT2D eigenvalue weighted by Crippen LogP contribution is 2.30. The van der Waals surface area contributed by atoms with Gasteiger partial charge in [-0.25, -0.2) is 4.98 Å². The van der Waals surface area contributed by atoms with E-state index in [0.29, 0.717) is 6.04 Å². The van der Waals surface area contributed by atoms with Crippen molar-refractivity contribution in [1.82, 2.24) is 9.55 Å². The first-order valence-electron chi connectivity index (χ1n) is 7.70. The Labute approximate surface area is 110 Å². The smallest absolute Gasteiger partial charge is 0.203 e. The molecule has 0 spiro atoms. The van der Waals surface area contributed by atoms with Crippen LogP contribution in [0.5, 0.6) is 0 Å². The molecular weight excluding hydrogens is 222 g/mol. The van der Waals surface area contributed by atoms with Gasteiger partial charge in [-0.05, 0) is 31.6 Å². The van der Waals surface area contributed by atoms with Gasteiger partial charge in [-0.2, -0.15) is 0 Å². The van der Waals surface area contributed by atoms with E-state index >= 15 is 0 Å². The first-order valence-corrected chi connectivity index (χ1v) is 7.70. The van der Waals surface area contributed by atoms with Crippen LogP contribution in [0.4, 0.5) is 5.95 Å². The fourth-order valence-corrected chi connectivity index (χ4v) is 3.55. The van der Waals surface area contributed by atoms with E-state index in [4.69, 9.17) is 0 Å². The lowest BCUT2D eigenvalue weighted by Gasteiger charge is -2.25. The second-order valence-corrected chi connectivity index (χ2v) is 5.98. The first kappa shape index (κ1) is 12.1. The summed E-state index contributed by atoms with van der Waals surface area (Å²) in [5, 5.41) is 3.58. The molecule has 0 radical (unpaired) electrons. The Morgan fingerprint density at radius 1 is 1.06 bits per heavy atom. The minimum Gasteiger partial charge on any atom is -0.355 e. The van der Waals surface area contributed by atoms with Crippen molar-refractivity contribution in [2.45, 2.75) is 63.8 Å². The van der Waals surface area contributed by atoms with Gasteiger partial charge in [0.2, 0.25) is 5.95 Å². The molecule has 0 aliphatic heterocycles. The van der Waals surface area contributed by atoms with Crippen LogP contribution in [-0.2, 0) is 0 Å². The van der Waals surface area contributed by atoms with Crippen molar-refractivity contribution in [3.63, 3.8) is 0 Å². The minimum atomic E-state index is 0.687. The Morgan fingerprint density at radius 3 is 2.56 bits per heavy atom. The third kappa shape index (κ3) is 2.70. The van der Waals surface area contributed by atoms with Crippen molar-refractivity contribution in [1.29, 1.82) is 0 Å². The van der Waals surface area contributed by atoms with E-state index < -0.39 is 0 Å². The maximum Gasteiger partial charge on any atom is 0.203 e. The Bertz CT molecular complexity index is 360. The van der Waals surface area contributed by atoms with E-state index in [-0.39, 0.29) is 0 Å². The minimum absolute atomic E-state index is 0.687. The molecule has 2 fully saturated rings. The SMILES string of the molecule is c1cn(C2CCCCC2)c(NCC2CCCC2)n1. The van der Waals surface area contributed by atoms with Crippen LogP contribution in [0.3, 0.4) is 0 Å². The number of aromatic nitrogens is 2. The maximum absolute atomic E-state index is 4.50. The predicted molar refractivity (Wildman–Crippen MR) is 74.8 cm³/mol. The molecule has 2 aliphatic carbocycles. The van der Waals surface area contributed by atoms with Gasteiger partial charge in [-0.3, -0.25) is 0 Å². The molecule has 100 valence electrons. The summed E-state index contributed by atoms with van der Waals surface area (Å²) in [5.41, 5.74) is 0. The molecule has 1 N–H and O–H groups in total. The lowest BCUT2D eigenvalue weighted by Crippen LogP contribution is -2.18. The van der Waals surface area contributed by atoms with Crippen molar-refractivity contribution in [3.05, 3.63) is 12.4 Å². The number of imidazole rings is 1. The molecule has 1 aromatic heterocycles. The summed E-state index contributed by atoms with van der Waals surface area (Å²) in [6, 6.07) is 0.687. The van der Waals surface area contributed by atoms with Gasteiger partial charge in [0.25, 0.3) is 0 Å². The van der Waals surface area contributed by atoms with Crippen molar-refractivity contribution >= 4 is 5.95 Å². The Morgan fingerprint density at radius 2 is 1.78 bits per heavy atom. The highest BCUT2D eigenvalue weighted by atomic mass is 15.2.